The highest BCUT2D eigenvalue weighted by atomic mass is 32.2. The highest BCUT2D eigenvalue weighted by Crippen LogP contribution is 2.28. The topological polar surface area (TPSA) is 83.5 Å². The average molecular weight is 277 g/mol. The molecule has 0 atom stereocenters. The van der Waals surface area contributed by atoms with Gasteiger partial charge in [-0.2, -0.15) is 13.2 Å². The van der Waals surface area contributed by atoms with Crippen molar-refractivity contribution >= 4 is 16.0 Å². The van der Waals surface area contributed by atoms with Gasteiger partial charge in [0.2, 0.25) is 0 Å². The summed E-state index contributed by atoms with van der Waals surface area (Å²) in [5, 5.41) is 8.91. The van der Waals surface area contributed by atoms with E-state index in [2.05, 4.69) is 0 Å². The molecule has 0 fully saturated rings. The summed E-state index contributed by atoms with van der Waals surface area (Å²) < 4.78 is 58.8. The second-order valence-electron chi connectivity index (χ2n) is 3.56. The van der Waals surface area contributed by atoms with Crippen molar-refractivity contribution in [1.29, 1.82) is 0 Å². The SMILES string of the molecule is CCC(CC)(CNS(=O)(=O)C(F)(F)F)C(=O)O. The van der Waals surface area contributed by atoms with E-state index in [1.807, 2.05) is 0 Å². The molecule has 0 aromatic rings. The van der Waals surface area contributed by atoms with Crippen molar-refractivity contribution in [1.82, 2.24) is 4.72 Å². The van der Waals surface area contributed by atoms with Crippen molar-refractivity contribution in [2.24, 2.45) is 5.41 Å². The maximum Gasteiger partial charge on any atom is 0.511 e. The second-order valence-corrected chi connectivity index (χ2v) is 5.32. The molecule has 0 spiro atoms. The van der Waals surface area contributed by atoms with Crippen molar-refractivity contribution < 1.29 is 31.5 Å². The molecule has 0 amide bonds. The number of alkyl halides is 3. The zero-order valence-electron chi connectivity index (χ0n) is 9.34. The molecule has 0 aromatic carbocycles. The second kappa shape index (κ2) is 5.21. The molecule has 0 aromatic heterocycles. The van der Waals surface area contributed by atoms with Gasteiger partial charge in [0.15, 0.2) is 0 Å². The molecule has 0 saturated carbocycles. The normalized spacial score (nSPS) is 13.7. The Kier molecular flexibility index (Phi) is 4.96. The minimum atomic E-state index is -5.50. The van der Waals surface area contributed by atoms with Gasteiger partial charge in [0.25, 0.3) is 0 Å². The standard InChI is InChI=1S/C8H14F3NO4S/c1-3-7(4-2,6(13)14)5-12-17(15,16)8(9,10)11/h12H,3-5H2,1-2H3,(H,13,14). The predicted octanol–water partition coefficient (Wildman–Crippen LogP) is 1.32. The lowest BCUT2D eigenvalue weighted by molar-refractivity contribution is -0.149. The van der Waals surface area contributed by atoms with E-state index in [0.717, 1.165) is 0 Å². The number of nitrogens with one attached hydrogen (secondary N) is 1. The van der Waals surface area contributed by atoms with Gasteiger partial charge in [-0.25, -0.2) is 13.1 Å². The molecule has 0 aliphatic heterocycles. The van der Waals surface area contributed by atoms with Crippen LogP contribution in [-0.4, -0.2) is 31.5 Å². The molecule has 17 heavy (non-hydrogen) atoms. The summed E-state index contributed by atoms with van der Waals surface area (Å²) >= 11 is 0. The fourth-order valence-corrected chi connectivity index (χ4v) is 1.82. The number of carbonyl (C=O) groups is 1. The van der Waals surface area contributed by atoms with E-state index in [-0.39, 0.29) is 12.8 Å². The van der Waals surface area contributed by atoms with Gasteiger partial charge in [0.05, 0.1) is 5.41 Å². The zero-order valence-corrected chi connectivity index (χ0v) is 10.2. The van der Waals surface area contributed by atoms with Crippen LogP contribution in [0.2, 0.25) is 0 Å². The van der Waals surface area contributed by atoms with Crippen LogP contribution in [0.5, 0.6) is 0 Å². The minimum absolute atomic E-state index is 0.0270. The maximum absolute atomic E-state index is 12.0. The molecule has 5 nitrogen and oxygen atoms in total. The van der Waals surface area contributed by atoms with E-state index in [0.29, 0.717) is 0 Å². The quantitative estimate of drug-likeness (QED) is 0.767. The van der Waals surface area contributed by atoms with Gasteiger partial charge >= 0.3 is 21.5 Å². The maximum atomic E-state index is 12.0. The first kappa shape index (κ1) is 16.2. The van der Waals surface area contributed by atoms with Crippen LogP contribution in [0.25, 0.3) is 0 Å². The third kappa shape index (κ3) is 3.56. The first-order chi connectivity index (χ1) is 7.52. The van der Waals surface area contributed by atoms with E-state index < -0.39 is 33.5 Å². The lowest BCUT2D eigenvalue weighted by Crippen LogP contribution is -2.46. The lowest BCUT2D eigenvalue weighted by atomic mass is 9.83. The van der Waals surface area contributed by atoms with Gasteiger partial charge < -0.3 is 5.11 Å². The number of sulfonamides is 1. The molecule has 0 radical (unpaired) electrons. The Morgan fingerprint density at radius 1 is 1.24 bits per heavy atom. The fourth-order valence-electron chi connectivity index (χ4n) is 1.19. The fraction of sp³-hybridized carbons (Fsp3) is 0.875. The van der Waals surface area contributed by atoms with Gasteiger partial charge in [-0.1, -0.05) is 13.8 Å². The van der Waals surface area contributed by atoms with Gasteiger partial charge in [-0.15, -0.1) is 0 Å². The van der Waals surface area contributed by atoms with Crippen LogP contribution in [0.15, 0.2) is 0 Å². The summed E-state index contributed by atoms with van der Waals surface area (Å²) in [6.07, 6.45) is 0.0540. The largest absolute Gasteiger partial charge is 0.511 e. The van der Waals surface area contributed by atoms with Crippen LogP contribution in [-0.2, 0) is 14.8 Å². The Hall–Kier alpha value is -0.830. The van der Waals surface area contributed by atoms with Crippen molar-refractivity contribution in [3.05, 3.63) is 0 Å². The van der Waals surface area contributed by atoms with E-state index in [1.165, 1.54) is 18.6 Å². The molecule has 0 unspecified atom stereocenters. The van der Waals surface area contributed by atoms with Gasteiger partial charge in [-0.05, 0) is 12.8 Å². The van der Waals surface area contributed by atoms with E-state index in [1.54, 1.807) is 0 Å². The zero-order chi connectivity index (χ0) is 13.9. The molecule has 102 valence electrons. The molecule has 0 aliphatic rings. The van der Waals surface area contributed by atoms with E-state index in [4.69, 9.17) is 5.11 Å². The molecule has 0 saturated heterocycles. The van der Waals surface area contributed by atoms with Crippen LogP contribution in [0.3, 0.4) is 0 Å². The highest BCUT2D eigenvalue weighted by Gasteiger charge is 2.47. The number of hydrogen-bond donors (Lipinski definition) is 2. The summed E-state index contributed by atoms with van der Waals surface area (Å²) in [7, 11) is -5.50. The summed E-state index contributed by atoms with van der Waals surface area (Å²) in [6, 6.07) is 0. The minimum Gasteiger partial charge on any atom is -0.481 e. The highest BCUT2D eigenvalue weighted by molar-refractivity contribution is 7.90. The number of aliphatic carboxylic acids is 1. The van der Waals surface area contributed by atoms with Gasteiger partial charge in [0.1, 0.15) is 0 Å². The summed E-state index contributed by atoms with van der Waals surface area (Å²) in [6.45, 7) is 2.16. The van der Waals surface area contributed by atoms with Crippen LogP contribution in [0.4, 0.5) is 13.2 Å². The number of carboxylic acids is 1. The van der Waals surface area contributed by atoms with Crippen LogP contribution in [0.1, 0.15) is 26.7 Å². The Balaban J connectivity index is 4.93. The molecule has 0 aliphatic carbocycles. The van der Waals surface area contributed by atoms with Crippen LogP contribution >= 0.6 is 0 Å². The summed E-state index contributed by atoms with van der Waals surface area (Å²) in [4.78, 5) is 10.9. The molecular weight excluding hydrogens is 263 g/mol. The van der Waals surface area contributed by atoms with Crippen molar-refractivity contribution in [2.75, 3.05) is 6.54 Å². The Bertz CT molecular complexity index is 373. The Morgan fingerprint density at radius 3 is 1.88 bits per heavy atom. The van der Waals surface area contributed by atoms with Crippen LogP contribution in [0, 0.1) is 5.41 Å². The smallest absolute Gasteiger partial charge is 0.481 e. The monoisotopic (exact) mass is 277 g/mol. The third-order valence-corrected chi connectivity index (χ3v) is 3.85. The third-order valence-electron chi connectivity index (χ3n) is 2.71. The van der Waals surface area contributed by atoms with Gasteiger partial charge in [0, 0.05) is 6.54 Å². The van der Waals surface area contributed by atoms with E-state index >= 15 is 0 Å². The number of carboxylic acid groups (broad SMARTS) is 1. The lowest BCUT2D eigenvalue weighted by Gasteiger charge is -2.26. The van der Waals surface area contributed by atoms with Gasteiger partial charge in [-0.3, -0.25) is 4.79 Å². The summed E-state index contributed by atoms with van der Waals surface area (Å²) in [5.41, 5.74) is -6.95. The number of rotatable bonds is 6. The molecule has 9 heteroatoms. The number of hydrogen-bond acceptors (Lipinski definition) is 3. The van der Waals surface area contributed by atoms with Crippen molar-refractivity contribution in [2.45, 2.75) is 32.2 Å². The predicted molar refractivity (Wildman–Crippen MR) is 53.6 cm³/mol. The molecule has 2 N–H and O–H groups in total. The Labute approximate surface area is 97.1 Å². The number of halogens is 3. The summed E-state index contributed by atoms with van der Waals surface area (Å²) in [5.74, 6) is -1.33. The first-order valence-electron chi connectivity index (χ1n) is 4.81. The molecular formula is C8H14F3NO4S. The first-order valence-corrected chi connectivity index (χ1v) is 6.30. The van der Waals surface area contributed by atoms with Crippen molar-refractivity contribution in [3.63, 3.8) is 0 Å². The molecule has 0 heterocycles. The van der Waals surface area contributed by atoms with Crippen molar-refractivity contribution in [3.8, 4) is 0 Å². The molecule has 0 bridgehead atoms. The average Bonchev–Trinajstić information content (AvgIpc) is 2.17. The van der Waals surface area contributed by atoms with E-state index in [9.17, 15) is 26.4 Å². The molecule has 0 rings (SSSR count). The van der Waals surface area contributed by atoms with Crippen LogP contribution < -0.4 is 4.72 Å². The Morgan fingerprint density at radius 2 is 1.65 bits per heavy atom.